The molecule has 3 aromatic rings. The van der Waals surface area contributed by atoms with E-state index in [2.05, 4.69) is 27.6 Å². The topological polar surface area (TPSA) is 85.1 Å². The number of hydrogen-bond acceptors (Lipinski definition) is 6. The van der Waals surface area contributed by atoms with Gasteiger partial charge in [0.25, 0.3) is 5.91 Å². The Balaban J connectivity index is 1.56. The maximum absolute atomic E-state index is 12.4. The molecule has 0 aliphatic carbocycles. The third-order valence-electron chi connectivity index (χ3n) is 4.35. The lowest BCUT2D eigenvalue weighted by Crippen LogP contribution is -2.31. The lowest BCUT2D eigenvalue weighted by atomic mass is 10.1. The fourth-order valence-electron chi connectivity index (χ4n) is 2.99. The average Bonchev–Trinajstić information content (AvgIpc) is 3.07. The van der Waals surface area contributed by atoms with Gasteiger partial charge in [0.05, 0.1) is 0 Å². The predicted octanol–water partition coefficient (Wildman–Crippen LogP) is 3.26. The van der Waals surface area contributed by atoms with Crippen LogP contribution in [-0.4, -0.2) is 22.6 Å². The molecule has 0 aliphatic rings. The van der Waals surface area contributed by atoms with Crippen molar-refractivity contribution in [1.82, 2.24) is 15.5 Å². The van der Waals surface area contributed by atoms with Crippen LogP contribution in [0, 0.1) is 13.8 Å². The van der Waals surface area contributed by atoms with E-state index in [9.17, 15) is 9.59 Å². The Bertz CT molecular complexity index is 996. The molecule has 1 N–H and O–H groups in total. The van der Waals surface area contributed by atoms with Gasteiger partial charge in [0, 0.05) is 19.4 Å². The van der Waals surface area contributed by atoms with Crippen LogP contribution in [0.5, 0.6) is 0 Å². The van der Waals surface area contributed by atoms with Crippen molar-refractivity contribution in [3.8, 4) is 0 Å². The number of aromatic nitrogens is 2. The molecule has 6 nitrogen and oxygen atoms in total. The molecule has 0 saturated carbocycles. The standard InChI is InChI=1S/C21H23N3O3S/c1-14-13-17(10-6-9-16-7-4-3-5-8-16)27-21(26)19(14)20(25)22-12-11-18-24-23-15(2)28-18/h3-5,7-8,13H,6,9-12H2,1-2H3,(H,22,25). The summed E-state index contributed by atoms with van der Waals surface area (Å²) in [5.74, 6) is 0.197. The van der Waals surface area contributed by atoms with Crippen LogP contribution < -0.4 is 10.9 Å². The van der Waals surface area contributed by atoms with Crippen LogP contribution in [0.15, 0.2) is 45.6 Å². The molecular formula is C21H23N3O3S. The third-order valence-corrected chi connectivity index (χ3v) is 5.25. The van der Waals surface area contributed by atoms with Crippen molar-refractivity contribution in [3.05, 3.63) is 79.3 Å². The van der Waals surface area contributed by atoms with Crippen molar-refractivity contribution in [1.29, 1.82) is 0 Å². The number of hydrogen-bond donors (Lipinski definition) is 1. The molecule has 0 fully saturated rings. The maximum atomic E-state index is 12.4. The number of carbonyl (C=O) groups excluding carboxylic acids is 1. The molecule has 3 rings (SSSR count). The molecule has 0 spiro atoms. The third kappa shape index (κ3) is 5.36. The second-order valence-electron chi connectivity index (χ2n) is 6.62. The highest BCUT2D eigenvalue weighted by Gasteiger charge is 2.16. The normalized spacial score (nSPS) is 10.8. The first-order valence-corrected chi connectivity index (χ1v) is 10.1. The van der Waals surface area contributed by atoms with E-state index >= 15 is 0 Å². The molecule has 28 heavy (non-hydrogen) atoms. The van der Waals surface area contributed by atoms with E-state index in [1.165, 1.54) is 16.9 Å². The van der Waals surface area contributed by atoms with Crippen molar-refractivity contribution >= 4 is 17.2 Å². The number of amides is 1. The minimum atomic E-state index is -0.584. The highest BCUT2D eigenvalue weighted by Crippen LogP contribution is 2.12. The largest absolute Gasteiger partial charge is 0.427 e. The number of benzene rings is 1. The molecule has 0 unspecified atom stereocenters. The minimum absolute atomic E-state index is 0.0697. The van der Waals surface area contributed by atoms with Gasteiger partial charge in [0.2, 0.25) is 0 Å². The van der Waals surface area contributed by atoms with E-state index in [4.69, 9.17) is 4.42 Å². The van der Waals surface area contributed by atoms with Gasteiger partial charge in [-0.25, -0.2) is 4.79 Å². The van der Waals surface area contributed by atoms with Crippen LogP contribution in [0.3, 0.4) is 0 Å². The Morgan fingerprint density at radius 3 is 2.57 bits per heavy atom. The van der Waals surface area contributed by atoms with Gasteiger partial charge in [-0.1, -0.05) is 30.3 Å². The van der Waals surface area contributed by atoms with Crippen LogP contribution in [-0.2, 0) is 19.3 Å². The summed E-state index contributed by atoms with van der Waals surface area (Å²) in [4.78, 5) is 24.7. The van der Waals surface area contributed by atoms with Crippen LogP contribution in [0.2, 0.25) is 0 Å². The number of rotatable bonds is 8. The molecule has 7 heteroatoms. The Kier molecular flexibility index (Phi) is 6.71. The molecule has 2 heterocycles. The first-order chi connectivity index (χ1) is 13.5. The Morgan fingerprint density at radius 1 is 1.11 bits per heavy atom. The predicted molar refractivity (Wildman–Crippen MR) is 109 cm³/mol. The summed E-state index contributed by atoms with van der Waals surface area (Å²) in [7, 11) is 0. The van der Waals surface area contributed by atoms with Crippen molar-refractivity contribution in [2.45, 2.75) is 39.5 Å². The molecule has 0 bridgehead atoms. The zero-order valence-electron chi connectivity index (χ0n) is 16.0. The first kappa shape index (κ1) is 19.9. The van der Waals surface area contributed by atoms with E-state index in [1.807, 2.05) is 25.1 Å². The average molecular weight is 398 g/mol. The summed E-state index contributed by atoms with van der Waals surface area (Å²) in [6, 6.07) is 12.0. The summed E-state index contributed by atoms with van der Waals surface area (Å²) in [5.41, 5.74) is 1.37. The highest BCUT2D eigenvalue weighted by molar-refractivity contribution is 7.11. The second-order valence-corrected chi connectivity index (χ2v) is 7.88. The zero-order valence-corrected chi connectivity index (χ0v) is 16.8. The summed E-state index contributed by atoms with van der Waals surface area (Å²) in [6.45, 7) is 4.04. The van der Waals surface area contributed by atoms with Gasteiger partial charge in [-0.05, 0) is 43.9 Å². The Morgan fingerprint density at radius 2 is 1.89 bits per heavy atom. The van der Waals surface area contributed by atoms with E-state index in [1.54, 1.807) is 13.0 Å². The molecular weight excluding hydrogens is 374 g/mol. The van der Waals surface area contributed by atoms with Gasteiger partial charge < -0.3 is 9.73 Å². The van der Waals surface area contributed by atoms with E-state index < -0.39 is 11.5 Å². The molecule has 1 amide bonds. The van der Waals surface area contributed by atoms with Gasteiger partial charge in [-0.3, -0.25) is 4.79 Å². The van der Waals surface area contributed by atoms with Gasteiger partial charge in [-0.2, -0.15) is 0 Å². The smallest absolute Gasteiger partial charge is 0.349 e. The Hall–Kier alpha value is -2.80. The number of aryl methyl sites for hydroxylation is 4. The summed E-state index contributed by atoms with van der Waals surface area (Å²) in [5, 5.41) is 12.5. The van der Waals surface area contributed by atoms with Gasteiger partial charge in [-0.15, -0.1) is 21.5 Å². The van der Waals surface area contributed by atoms with Gasteiger partial charge >= 0.3 is 5.63 Å². The van der Waals surface area contributed by atoms with Crippen LogP contribution >= 0.6 is 11.3 Å². The maximum Gasteiger partial charge on any atom is 0.349 e. The number of nitrogens with one attached hydrogen (secondary N) is 1. The molecule has 2 aromatic heterocycles. The molecule has 0 atom stereocenters. The zero-order chi connectivity index (χ0) is 19.9. The second kappa shape index (κ2) is 9.41. The van der Waals surface area contributed by atoms with Crippen LogP contribution in [0.4, 0.5) is 0 Å². The number of nitrogens with zero attached hydrogens (tertiary/aromatic N) is 2. The fraction of sp³-hybridized carbons (Fsp3) is 0.333. The van der Waals surface area contributed by atoms with Gasteiger partial charge in [0.1, 0.15) is 21.3 Å². The van der Waals surface area contributed by atoms with Gasteiger partial charge in [0.15, 0.2) is 0 Å². The lowest BCUT2D eigenvalue weighted by Gasteiger charge is -2.08. The van der Waals surface area contributed by atoms with Crippen molar-refractivity contribution in [2.24, 2.45) is 0 Å². The van der Waals surface area contributed by atoms with Crippen LogP contribution in [0.25, 0.3) is 0 Å². The van der Waals surface area contributed by atoms with E-state index in [0.717, 1.165) is 22.9 Å². The minimum Gasteiger partial charge on any atom is -0.427 e. The summed E-state index contributed by atoms with van der Waals surface area (Å²) >= 11 is 1.50. The monoisotopic (exact) mass is 397 g/mol. The quantitative estimate of drug-likeness (QED) is 0.631. The highest BCUT2D eigenvalue weighted by atomic mass is 32.1. The van der Waals surface area contributed by atoms with Crippen molar-refractivity contribution in [2.75, 3.05) is 6.54 Å². The molecule has 0 radical (unpaired) electrons. The van der Waals surface area contributed by atoms with Crippen LogP contribution in [0.1, 0.15) is 43.7 Å². The molecule has 0 saturated heterocycles. The number of carbonyl (C=O) groups is 1. The lowest BCUT2D eigenvalue weighted by molar-refractivity contribution is 0.0949. The molecule has 0 aliphatic heterocycles. The first-order valence-electron chi connectivity index (χ1n) is 9.27. The molecule has 146 valence electrons. The van der Waals surface area contributed by atoms with E-state index in [0.29, 0.717) is 30.7 Å². The summed E-state index contributed by atoms with van der Waals surface area (Å²) in [6.07, 6.45) is 3.03. The van der Waals surface area contributed by atoms with E-state index in [-0.39, 0.29) is 5.56 Å². The SMILES string of the molecule is Cc1nnc(CCNC(=O)c2c(C)cc(CCCc3ccccc3)oc2=O)s1. The molecule has 1 aromatic carbocycles. The summed E-state index contributed by atoms with van der Waals surface area (Å²) < 4.78 is 5.38. The Labute approximate surface area is 167 Å². The van der Waals surface area contributed by atoms with Crippen molar-refractivity contribution in [3.63, 3.8) is 0 Å². The fourth-order valence-corrected chi connectivity index (χ4v) is 3.70. The van der Waals surface area contributed by atoms with Crippen molar-refractivity contribution < 1.29 is 9.21 Å².